The van der Waals surface area contributed by atoms with Crippen LogP contribution in [-0.4, -0.2) is 17.7 Å². The summed E-state index contributed by atoms with van der Waals surface area (Å²) in [4.78, 5) is 11.7. The lowest BCUT2D eigenvalue weighted by Crippen LogP contribution is -2.31. The number of benzene rings is 1. The van der Waals surface area contributed by atoms with Gasteiger partial charge in [-0.05, 0) is 58.2 Å². The number of rotatable bonds is 3. The van der Waals surface area contributed by atoms with Gasteiger partial charge in [0.25, 0.3) is 0 Å². The Bertz CT molecular complexity index is 482. The average Bonchev–Trinajstić information content (AvgIpc) is 3.08. The second kappa shape index (κ2) is 5.09. The first-order valence-electron chi connectivity index (χ1n) is 7.09. The molecule has 1 aromatic carbocycles. The van der Waals surface area contributed by atoms with E-state index in [1.54, 1.807) is 0 Å². The third-order valence-corrected chi connectivity index (χ3v) is 3.77. The average molecular weight is 276 g/mol. The number of nitrogens with two attached hydrogens (primary N) is 1. The summed E-state index contributed by atoms with van der Waals surface area (Å²) in [6.45, 7) is 7.58. The van der Waals surface area contributed by atoms with E-state index in [-0.39, 0.29) is 11.5 Å². The molecule has 0 aliphatic heterocycles. The highest BCUT2D eigenvalue weighted by molar-refractivity contribution is 5.84. The summed E-state index contributed by atoms with van der Waals surface area (Å²) >= 11 is 0. The number of anilines is 1. The number of carbonyl (C=O) groups is 1. The summed E-state index contributed by atoms with van der Waals surface area (Å²) in [5.74, 6) is 0. The lowest BCUT2D eigenvalue weighted by atomic mass is 9.89. The molecule has 0 bridgehead atoms. The normalized spacial score (nSPS) is 18.2. The molecule has 4 heteroatoms. The van der Waals surface area contributed by atoms with Crippen LogP contribution in [0.15, 0.2) is 24.3 Å². The third kappa shape index (κ3) is 3.31. The number of carbonyl (C=O) groups excluding carboxylic acids is 1. The lowest BCUT2D eigenvalue weighted by Gasteiger charge is -2.21. The van der Waals surface area contributed by atoms with Crippen LogP contribution in [0.2, 0.25) is 0 Å². The number of hydrogen-bond acceptors (Lipinski definition) is 3. The van der Waals surface area contributed by atoms with Gasteiger partial charge in [0, 0.05) is 17.1 Å². The zero-order chi connectivity index (χ0) is 15.0. The fourth-order valence-corrected chi connectivity index (χ4v) is 2.45. The molecule has 2 rings (SSSR count). The van der Waals surface area contributed by atoms with Crippen LogP contribution in [0.5, 0.6) is 0 Å². The minimum Gasteiger partial charge on any atom is -0.444 e. The number of amides is 1. The zero-order valence-corrected chi connectivity index (χ0v) is 12.7. The first-order valence-corrected chi connectivity index (χ1v) is 7.09. The van der Waals surface area contributed by atoms with Crippen LogP contribution in [0.3, 0.4) is 0 Å². The molecule has 1 unspecified atom stereocenters. The second-order valence-corrected chi connectivity index (χ2v) is 6.65. The van der Waals surface area contributed by atoms with Crippen molar-refractivity contribution in [3.05, 3.63) is 29.8 Å². The first kappa shape index (κ1) is 14.9. The van der Waals surface area contributed by atoms with Crippen molar-refractivity contribution in [1.82, 2.24) is 0 Å². The highest BCUT2D eigenvalue weighted by atomic mass is 16.6. The summed E-state index contributed by atoms with van der Waals surface area (Å²) in [5, 5.41) is 2.73. The fourth-order valence-electron chi connectivity index (χ4n) is 2.45. The number of nitrogens with one attached hydrogen (secondary N) is 1. The maximum absolute atomic E-state index is 11.7. The first-order chi connectivity index (χ1) is 9.23. The van der Waals surface area contributed by atoms with Gasteiger partial charge in [-0.2, -0.15) is 0 Å². The van der Waals surface area contributed by atoms with E-state index >= 15 is 0 Å². The summed E-state index contributed by atoms with van der Waals surface area (Å²) in [6, 6.07) is 8.06. The highest BCUT2D eigenvalue weighted by Gasteiger charge is 2.47. The lowest BCUT2D eigenvalue weighted by molar-refractivity contribution is 0.0636. The van der Waals surface area contributed by atoms with Gasteiger partial charge in [0.05, 0.1) is 0 Å². The molecule has 0 aromatic heterocycles. The quantitative estimate of drug-likeness (QED) is 0.889. The molecule has 1 amide bonds. The van der Waals surface area contributed by atoms with Crippen LogP contribution < -0.4 is 11.1 Å². The van der Waals surface area contributed by atoms with Crippen molar-refractivity contribution < 1.29 is 9.53 Å². The summed E-state index contributed by atoms with van der Waals surface area (Å²) < 4.78 is 5.22. The molecule has 1 atom stereocenters. The van der Waals surface area contributed by atoms with Crippen LogP contribution in [-0.2, 0) is 10.2 Å². The topological polar surface area (TPSA) is 64.3 Å². The molecule has 1 fully saturated rings. The van der Waals surface area contributed by atoms with Gasteiger partial charge in [0.1, 0.15) is 5.60 Å². The fraction of sp³-hybridized carbons (Fsp3) is 0.562. The molecule has 0 spiro atoms. The third-order valence-electron chi connectivity index (χ3n) is 3.77. The molecular formula is C16H24N2O2. The van der Waals surface area contributed by atoms with Crippen molar-refractivity contribution in [2.45, 2.75) is 57.6 Å². The predicted octanol–water partition coefficient (Wildman–Crippen LogP) is 3.41. The zero-order valence-electron chi connectivity index (χ0n) is 12.7. The Labute approximate surface area is 120 Å². The molecule has 20 heavy (non-hydrogen) atoms. The van der Waals surface area contributed by atoms with Crippen molar-refractivity contribution in [2.75, 3.05) is 5.32 Å². The summed E-state index contributed by atoms with van der Waals surface area (Å²) in [7, 11) is 0. The molecule has 110 valence electrons. The smallest absolute Gasteiger partial charge is 0.412 e. The van der Waals surface area contributed by atoms with Crippen LogP contribution in [0, 0.1) is 0 Å². The van der Waals surface area contributed by atoms with E-state index in [1.165, 1.54) is 5.56 Å². The van der Waals surface area contributed by atoms with Crippen LogP contribution >= 0.6 is 0 Å². The van der Waals surface area contributed by atoms with Gasteiger partial charge < -0.3 is 10.5 Å². The molecule has 1 aliphatic carbocycles. The maximum atomic E-state index is 11.7. The van der Waals surface area contributed by atoms with Gasteiger partial charge in [-0.3, -0.25) is 5.32 Å². The molecule has 1 aromatic rings. The van der Waals surface area contributed by atoms with E-state index in [1.807, 2.05) is 45.0 Å². The van der Waals surface area contributed by atoms with Crippen LogP contribution in [0.4, 0.5) is 10.5 Å². The van der Waals surface area contributed by atoms with Crippen molar-refractivity contribution in [2.24, 2.45) is 5.73 Å². The molecule has 1 aliphatic rings. The Kier molecular flexibility index (Phi) is 3.78. The largest absolute Gasteiger partial charge is 0.444 e. The Morgan fingerprint density at radius 3 is 2.25 bits per heavy atom. The van der Waals surface area contributed by atoms with Crippen molar-refractivity contribution in [1.29, 1.82) is 0 Å². The Morgan fingerprint density at radius 1 is 1.30 bits per heavy atom. The minimum absolute atomic E-state index is 0.143. The van der Waals surface area contributed by atoms with Gasteiger partial charge in [0.15, 0.2) is 0 Å². The second-order valence-electron chi connectivity index (χ2n) is 6.65. The van der Waals surface area contributed by atoms with Gasteiger partial charge in [-0.25, -0.2) is 4.79 Å². The molecule has 0 saturated heterocycles. The summed E-state index contributed by atoms with van der Waals surface area (Å²) in [5.41, 5.74) is 7.71. The van der Waals surface area contributed by atoms with E-state index in [9.17, 15) is 4.79 Å². The highest BCUT2D eigenvalue weighted by Crippen LogP contribution is 2.50. The van der Waals surface area contributed by atoms with Gasteiger partial charge >= 0.3 is 6.09 Å². The number of ether oxygens (including phenoxy) is 1. The van der Waals surface area contributed by atoms with E-state index in [0.29, 0.717) is 0 Å². The Hall–Kier alpha value is -1.55. The monoisotopic (exact) mass is 276 g/mol. The van der Waals surface area contributed by atoms with Gasteiger partial charge in [-0.15, -0.1) is 0 Å². The SMILES string of the molecule is CC(N)C1(c2ccc(NC(=O)OC(C)(C)C)cc2)CC1. The van der Waals surface area contributed by atoms with Gasteiger partial charge in [0.2, 0.25) is 0 Å². The van der Waals surface area contributed by atoms with Crippen LogP contribution in [0.1, 0.15) is 46.1 Å². The molecule has 0 radical (unpaired) electrons. The Balaban J connectivity index is 2.01. The molecule has 4 nitrogen and oxygen atoms in total. The Morgan fingerprint density at radius 2 is 1.85 bits per heavy atom. The molecular weight excluding hydrogens is 252 g/mol. The van der Waals surface area contributed by atoms with Crippen LogP contribution in [0.25, 0.3) is 0 Å². The van der Waals surface area contributed by atoms with Crippen molar-refractivity contribution >= 4 is 11.8 Å². The maximum Gasteiger partial charge on any atom is 0.412 e. The molecule has 1 saturated carbocycles. The summed E-state index contributed by atoms with van der Waals surface area (Å²) in [6.07, 6.45) is 1.85. The van der Waals surface area contributed by atoms with Crippen molar-refractivity contribution in [3.63, 3.8) is 0 Å². The van der Waals surface area contributed by atoms with E-state index in [4.69, 9.17) is 10.5 Å². The molecule has 3 N–H and O–H groups in total. The van der Waals surface area contributed by atoms with E-state index in [0.717, 1.165) is 18.5 Å². The van der Waals surface area contributed by atoms with E-state index in [2.05, 4.69) is 12.2 Å². The molecule has 0 heterocycles. The van der Waals surface area contributed by atoms with Gasteiger partial charge in [-0.1, -0.05) is 12.1 Å². The van der Waals surface area contributed by atoms with Crippen molar-refractivity contribution in [3.8, 4) is 0 Å². The predicted molar refractivity (Wildman–Crippen MR) is 80.9 cm³/mol. The number of hydrogen-bond donors (Lipinski definition) is 2. The van der Waals surface area contributed by atoms with E-state index < -0.39 is 11.7 Å². The minimum atomic E-state index is -0.489. The standard InChI is InChI=1S/C16H24N2O2/c1-11(17)16(9-10-16)12-5-7-13(8-6-12)18-14(19)20-15(2,3)4/h5-8,11H,9-10,17H2,1-4H3,(H,18,19).